The molecular formula is C27H32N2O3. The van der Waals surface area contributed by atoms with Crippen LogP contribution in [0, 0.1) is 0 Å². The van der Waals surface area contributed by atoms with E-state index in [1.54, 1.807) is 0 Å². The molecule has 5 nitrogen and oxygen atoms in total. The molecule has 1 amide bonds. The first-order valence-electron chi connectivity index (χ1n) is 11.0. The Morgan fingerprint density at radius 3 is 1.97 bits per heavy atom. The van der Waals surface area contributed by atoms with E-state index in [4.69, 9.17) is 10.5 Å². The van der Waals surface area contributed by atoms with Crippen molar-refractivity contribution in [2.75, 3.05) is 6.54 Å². The van der Waals surface area contributed by atoms with Crippen LogP contribution in [0.1, 0.15) is 29.2 Å². The van der Waals surface area contributed by atoms with Crippen molar-refractivity contribution in [2.45, 2.75) is 44.4 Å². The highest BCUT2D eigenvalue weighted by molar-refractivity contribution is 5.65. The largest absolute Gasteiger partial charge is 0.440 e. The maximum absolute atomic E-state index is 11.9. The first-order chi connectivity index (χ1) is 15.5. The number of carbonyl (C=O) groups excluding carboxylic acids is 1. The van der Waals surface area contributed by atoms with Gasteiger partial charge in [0.2, 0.25) is 0 Å². The third kappa shape index (κ3) is 6.67. The van der Waals surface area contributed by atoms with Gasteiger partial charge < -0.3 is 20.9 Å². The Morgan fingerprint density at radius 1 is 0.906 bits per heavy atom. The number of aryl methyl sites for hydroxylation is 1. The minimum absolute atomic E-state index is 0.253. The van der Waals surface area contributed by atoms with Crippen molar-refractivity contribution >= 4 is 6.09 Å². The van der Waals surface area contributed by atoms with Gasteiger partial charge in [-0.3, -0.25) is 0 Å². The number of rotatable bonds is 11. The summed E-state index contributed by atoms with van der Waals surface area (Å²) in [6.45, 7) is 2.98. The maximum Gasteiger partial charge on any atom is 0.405 e. The molecule has 1 atom stereocenters. The van der Waals surface area contributed by atoms with Crippen molar-refractivity contribution in [2.24, 2.45) is 5.73 Å². The van der Waals surface area contributed by atoms with Gasteiger partial charge in [0.05, 0.1) is 0 Å². The minimum Gasteiger partial charge on any atom is -0.440 e. The van der Waals surface area contributed by atoms with Gasteiger partial charge in [-0.25, -0.2) is 4.79 Å². The molecule has 3 aromatic carbocycles. The van der Waals surface area contributed by atoms with E-state index >= 15 is 0 Å². The minimum atomic E-state index is -1.20. The molecule has 0 aliphatic carbocycles. The van der Waals surface area contributed by atoms with E-state index in [2.05, 4.69) is 30.4 Å². The molecule has 0 heterocycles. The lowest BCUT2D eigenvalue weighted by Gasteiger charge is -2.37. The van der Waals surface area contributed by atoms with Gasteiger partial charge in [0.25, 0.3) is 0 Å². The fourth-order valence-electron chi connectivity index (χ4n) is 4.02. The van der Waals surface area contributed by atoms with Crippen molar-refractivity contribution in [1.29, 1.82) is 0 Å². The molecule has 4 N–H and O–H groups in total. The number of primary amides is 1. The number of nitrogens with two attached hydrogens (primary N) is 1. The molecule has 0 saturated heterocycles. The van der Waals surface area contributed by atoms with E-state index in [1.165, 1.54) is 5.56 Å². The summed E-state index contributed by atoms with van der Waals surface area (Å²) in [5, 5.41) is 14.6. The highest BCUT2D eigenvalue weighted by atomic mass is 16.6. The lowest BCUT2D eigenvalue weighted by molar-refractivity contribution is -0.0776. The van der Waals surface area contributed by atoms with Crippen LogP contribution in [0.2, 0.25) is 0 Å². The molecule has 3 rings (SSSR count). The Kier molecular flexibility index (Phi) is 8.42. The average Bonchev–Trinajstić information content (AvgIpc) is 2.80. The van der Waals surface area contributed by atoms with E-state index in [0.29, 0.717) is 19.4 Å². The quantitative estimate of drug-likeness (QED) is 0.427. The summed E-state index contributed by atoms with van der Waals surface area (Å²) in [6.07, 6.45) is -0.198. The van der Waals surface area contributed by atoms with E-state index in [0.717, 1.165) is 23.1 Å². The highest BCUT2D eigenvalue weighted by Crippen LogP contribution is 2.28. The predicted octanol–water partition coefficient (Wildman–Crippen LogP) is 4.02. The van der Waals surface area contributed by atoms with Gasteiger partial charge >= 0.3 is 6.09 Å². The summed E-state index contributed by atoms with van der Waals surface area (Å²) >= 11 is 0. The molecule has 0 radical (unpaired) electrons. The van der Waals surface area contributed by atoms with Gasteiger partial charge in [-0.1, -0.05) is 91.9 Å². The Balaban J connectivity index is 1.81. The number of ether oxygens (including phenoxy) is 1. The Labute approximate surface area is 190 Å². The van der Waals surface area contributed by atoms with Gasteiger partial charge in [0, 0.05) is 25.9 Å². The monoisotopic (exact) mass is 432 g/mol. The van der Waals surface area contributed by atoms with Crippen LogP contribution in [0.4, 0.5) is 4.79 Å². The van der Waals surface area contributed by atoms with E-state index in [9.17, 15) is 9.90 Å². The fourth-order valence-corrected chi connectivity index (χ4v) is 4.02. The van der Waals surface area contributed by atoms with Gasteiger partial charge in [-0.2, -0.15) is 0 Å². The van der Waals surface area contributed by atoms with Gasteiger partial charge in [-0.15, -0.1) is 0 Å². The van der Waals surface area contributed by atoms with Crippen molar-refractivity contribution < 1.29 is 14.6 Å². The first kappa shape index (κ1) is 23.5. The lowest BCUT2D eigenvalue weighted by Crippen LogP contribution is -2.54. The summed E-state index contributed by atoms with van der Waals surface area (Å²) in [5.41, 5.74) is 8.61. The summed E-state index contributed by atoms with van der Waals surface area (Å²) in [5.74, 6) is 0. The number of amides is 1. The smallest absolute Gasteiger partial charge is 0.405 e. The number of hydrogen-bond acceptors (Lipinski definition) is 4. The van der Waals surface area contributed by atoms with Crippen molar-refractivity contribution in [3.8, 4) is 0 Å². The molecule has 0 aliphatic heterocycles. The van der Waals surface area contributed by atoms with Crippen molar-refractivity contribution in [3.63, 3.8) is 0 Å². The number of aliphatic hydroxyl groups excluding tert-OH is 1. The molecule has 0 saturated carbocycles. The zero-order chi connectivity index (χ0) is 22.8. The van der Waals surface area contributed by atoms with Crippen LogP contribution in [0.5, 0.6) is 0 Å². The molecule has 32 heavy (non-hydrogen) atoms. The predicted molar refractivity (Wildman–Crippen MR) is 127 cm³/mol. The zero-order valence-corrected chi connectivity index (χ0v) is 18.5. The summed E-state index contributed by atoms with van der Waals surface area (Å²) in [4.78, 5) is 11.9. The molecule has 0 unspecified atom stereocenters. The number of nitrogens with one attached hydrogen (secondary N) is 1. The van der Waals surface area contributed by atoms with Crippen molar-refractivity contribution in [1.82, 2.24) is 5.32 Å². The van der Waals surface area contributed by atoms with Crippen molar-refractivity contribution in [3.05, 3.63) is 107 Å². The van der Waals surface area contributed by atoms with Gasteiger partial charge in [0.1, 0.15) is 11.7 Å². The number of aliphatic hydroxyl groups is 1. The molecule has 0 fully saturated rings. The molecule has 168 valence electrons. The molecule has 0 bridgehead atoms. The normalized spacial score (nSPS) is 12.3. The highest BCUT2D eigenvalue weighted by Gasteiger charge is 2.41. The number of carbonyl (C=O) groups is 1. The molecular weight excluding hydrogens is 400 g/mol. The third-order valence-corrected chi connectivity index (χ3v) is 5.67. The van der Waals surface area contributed by atoms with E-state index < -0.39 is 17.8 Å². The van der Waals surface area contributed by atoms with Gasteiger partial charge in [0.15, 0.2) is 0 Å². The SMILES string of the molecule is CCc1cccc(CNC[C@@H](O)C(Cc2ccccc2)(Cc2ccccc2)OC(N)=O)c1. The second-order valence-electron chi connectivity index (χ2n) is 8.13. The van der Waals surface area contributed by atoms with Crippen LogP contribution in [0.3, 0.4) is 0 Å². The molecule has 5 heteroatoms. The van der Waals surface area contributed by atoms with Crippen LogP contribution >= 0.6 is 0 Å². The first-order valence-corrected chi connectivity index (χ1v) is 11.0. The Bertz CT molecular complexity index is 935. The second-order valence-corrected chi connectivity index (χ2v) is 8.13. The zero-order valence-electron chi connectivity index (χ0n) is 18.5. The summed E-state index contributed by atoms with van der Waals surface area (Å²) < 4.78 is 5.70. The van der Waals surface area contributed by atoms with Crippen LogP contribution in [0.15, 0.2) is 84.9 Å². The lowest BCUT2D eigenvalue weighted by atomic mass is 9.82. The topological polar surface area (TPSA) is 84.6 Å². The standard InChI is InChI=1S/C27H32N2O3/c1-2-21-14-9-15-24(16-21)19-29-20-25(30)27(32-26(28)31,17-22-10-5-3-6-11-22)18-23-12-7-4-8-13-23/h3-16,25,29-30H,2,17-20H2,1H3,(H2,28,31)/t25-/m1/s1. The van der Waals surface area contributed by atoms with Crippen LogP contribution < -0.4 is 11.1 Å². The Hall–Kier alpha value is -3.15. The average molecular weight is 433 g/mol. The molecule has 0 aromatic heterocycles. The second kappa shape index (κ2) is 11.5. The summed E-state index contributed by atoms with van der Waals surface area (Å²) in [7, 11) is 0. The summed E-state index contributed by atoms with van der Waals surface area (Å²) in [6, 6.07) is 27.8. The van der Waals surface area contributed by atoms with Crippen LogP contribution in [-0.2, 0) is 30.5 Å². The number of benzene rings is 3. The van der Waals surface area contributed by atoms with E-state index in [-0.39, 0.29) is 6.54 Å². The fraction of sp³-hybridized carbons (Fsp3) is 0.296. The molecule has 0 spiro atoms. The molecule has 0 aliphatic rings. The third-order valence-electron chi connectivity index (χ3n) is 5.67. The van der Waals surface area contributed by atoms with Crippen LogP contribution in [0.25, 0.3) is 0 Å². The van der Waals surface area contributed by atoms with Crippen LogP contribution in [-0.4, -0.2) is 29.4 Å². The number of hydrogen-bond donors (Lipinski definition) is 3. The van der Waals surface area contributed by atoms with Gasteiger partial charge in [-0.05, 0) is 28.7 Å². The molecule has 3 aromatic rings. The van der Waals surface area contributed by atoms with E-state index in [1.807, 2.05) is 66.7 Å². The Morgan fingerprint density at radius 2 is 1.44 bits per heavy atom. The maximum atomic E-state index is 11.9.